The van der Waals surface area contributed by atoms with Crippen molar-refractivity contribution in [3.8, 4) is 0 Å². The van der Waals surface area contributed by atoms with Crippen molar-refractivity contribution in [2.24, 2.45) is 0 Å². The van der Waals surface area contributed by atoms with Gasteiger partial charge in [0.25, 0.3) is 0 Å². The van der Waals surface area contributed by atoms with Crippen LogP contribution in [0.2, 0.25) is 5.15 Å². The number of halogens is 1. The van der Waals surface area contributed by atoms with Gasteiger partial charge >= 0.3 is 0 Å². The Morgan fingerprint density at radius 1 is 1.21 bits per heavy atom. The summed E-state index contributed by atoms with van der Waals surface area (Å²) >= 11 is 6.16. The molecule has 1 fully saturated rings. The number of aliphatic hydroxyl groups is 1. The number of benzene rings is 1. The first kappa shape index (κ1) is 16.7. The molecule has 0 atom stereocenters. The lowest BCUT2D eigenvalue weighted by Crippen LogP contribution is -2.36. The van der Waals surface area contributed by atoms with Crippen LogP contribution in [0.15, 0.2) is 36.4 Å². The third kappa shape index (κ3) is 4.04. The summed E-state index contributed by atoms with van der Waals surface area (Å²) in [6.07, 6.45) is 1.25. The Morgan fingerprint density at radius 2 is 1.88 bits per heavy atom. The highest BCUT2D eigenvalue weighted by atomic mass is 35.5. The van der Waals surface area contributed by atoms with Crippen molar-refractivity contribution >= 4 is 34.6 Å². The van der Waals surface area contributed by atoms with Crippen molar-refractivity contribution in [3.05, 3.63) is 47.1 Å². The van der Waals surface area contributed by atoms with E-state index in [9.17, 15) is 9.90 Å². The maximum Gasteiger partial charge on any atom is 0.159 e. The zero-order valence-corrected chi connectivity index (χ0v) is 14.3. The topological polar surface area (TPSA) is 65.5 Å². The van der Waals surface area contributed by atoms with Gasteiger partial charge in [-0.15, -0.1) is 0 Å². The standard InChI is InChI=1S/C18H20ClN3O2/c1-12(23)13-2-4-14(5-3-13)20-15-10-17(19)21-18(11-15)22-8-6-16(24)7-9-22/h2-5,10-11,16,24H,6-9H2,1H3,(H,20,21). The number of aliphatic hydroxyl groups excluding tert-OH is 1. The molecule has 2 heterocycles. The van der Waals surface area contributed by atoms with Gasteiger partial charge in [0, 0.05) is 36.1 Å². The molecule has 126 valence electrons. The maximum atomic E-state index is 11.3. The number of hydrogen-bond donors (Lipinski definition) is 2. The van der Waals surface area contributed by atoms with Gasteiger partial charge in [-0.1, -0.05) is 11.6 Å². The van der Waals surface area contributed by atoms with Gasteiger partial charge in [0.2, 0.25) is 0 Å². The summed E-state index contributed by atoms with van der Waals surface area (Å²) in [7, 11) is 0. The molecule has 3 rings (SSSR count). The summed E-state index contributed by atoms with van der Waals surface area (Å²) in [4.78, 5) is 17.8. The molecule has 0 spiro atoms. The molecule has 1 aliphatic heterocycles. The first-order valence-electron chi connectivity index (χ1n) is 8.00. The van der Waals surface area contributed by atoms with Gasteiger partial charge in [-0.25, -0.2) is 4.98 Å². The fourth-order valence-electron chi connectivity index (χ4n) is 2.77. The fourth-order valence-corrected chi connectivity index (χ4v) is 2.97. The first-order valence-corrected chi connectivity index (χ1v) is 8.38. The van der Waals surface area contributed by atoms with E-state index in [1.165, 1.54) is 0 Å². The predicted octanol–water partition coefficient (Wildman–Crippen LogP) is 3.64. The monoisotopic (exact) mass is 345 g/mol. The zero-order valence-electron chi connectivity index (χ0n) is 13.5. The van der Waals surface area contributed by atoms with Crippen LogP contribution in [-0.4, -0.2) is 35.1 Å². The summed E-state index contributed by atoms with van der Waals surface area (Å²) in [6, 6.07) is 11.0. The first-order chi connectivity index (χ1) is 11.5. The van der Waals surface area contributed by atoms with E-state index < -0.39 is 0 Å². The molecular weight excluding hydrogens is 326 g/mol. The molecule has 1 aromatic heterocycles. The second kappa shape index (κ2) is 7.20. The Kier molecular flexibility index (Phi) is 5.02. The highest BCUT2D eigenvalue weighted by Crippen LogP contribution is 2.26. The fraction of sp³-hybridized carbons (Fsp3) is 0.333. The van der Waals surface area contributed by atoms with Crippen LogP contribution >= 0.6 is 11.6 Å². The van der Waals surface area contributed by atoms with E-state index >= 15 is 0 Å². The minimum atomic E-state index is -0.224. The van der Waals surface area contributed by atoms with Crippen LogP contribution in [0.25, 0.3) is 0 Å². The molecular formula is C18H20ClN3O2. The summed E-state index contributed by atoms with van der Waals surface area (Å²) in [5, 5.41) is 13.3. The molecule has 1 saturated heterocycles. The minimum Gasteiger partial charge on any atom is -0.393 e. The van der Waals surface area contributed by atoms with E-state index in [1.54, 1.807) is 25.1 Å². The lowest BCUT2D eigenvalue weighted by Gasteiger charge is -2.30. The minimum absolute atomic E-state index is 0.0445. The number of carbonyl (C=O) groups excluding carboxylic acids is 1. The molecule has 5 nitrogen and oxygen atoms in total. The van der Waals surface area contributed by atoms with Gasteiger partial charge in [-0.05, 0) is 50.1 Å². The van der Waals surface area contributed by atoms with Gasteiger partial charge in [0.15, 0.2) is 5.78 Å². The molecule has 1 aliphatic rings. The molecule has 1 aromatic carbocycles. The van der Waals surface area contributed by atoms with E-state index in [2.05, 4.69) is 15.2 Å². The van der Waals surface area contributed by atoms with Crippen LogP contribution in [-0.2, 0) is 0 Å². The summed E-state index contributed by atoms with van der Waals surface area (Å²) in [5.41, 5.74) is 2.40. The number of hydrogen-bond acceptors (Lipinski definition) is 5. The van der Waals surface area contributed by atoms with Crippen LogP contribution in [0.4, 0.5) is 17.2 Å². The van der Waals surface area contributed by atoms with E-state index in [1.807, 2.05) is 18.2 Å². The zero-order chi connectivity index (χ0) is 17.1. The Hall–Kier alpha value is -2.11. The largest absolute Gasteiger partial charge is 0.393 e. The number of rotatable bonds is 4. The van der Waals surface area contributed by atoms with Crippen LogP contribution in [0.1, 0.15) is 30.1 Å². The average Bonchev–Trinajstić information content (AvgIpc) is 2.55. The summed E-state index contributed by atoms with van der Waals surface area (Å²) in [6.45, 7) is 3.08. The Labute approximate surface area is 146 Å². The average molecular weight is 346 g/mol. The van der Waals surface area contributed by atoms with Gasteiger partial charge in [0.05, 0.1) is 6.10 Å². The van der Waals surface area contributed by atoms with Crippen molar-refractivity contribution in [1.82, 2.24) is 4.98 Å². The third-order valence-electron chi connectivity index (χ3n) is 4.15. The number of ketones is 1. The molecule has 0 aliphatic carbocycles. The van der Waals surface area contributed by atoms with E-state index in [0.717, 1.165) is 43.1 Å². The SMILES string of the molecule is CC(=O)c1ccc(Nc2cc(Cl)nc(N3CCC(O)CC3)c2)cc1. The van der Waals surface area contributed by atoms with Crippen molar-refractivity contribution in [3.63, 3.8) is 0 Å². The van der Waals surface area contributed by atoms with Crippen LogP contribution in [0.5, 0.6) is 0 Å². The van der Waals surface area contributed by atoms with Crippen molar-refractivity contribution in [2.45, 2.75) is 25.9 Å². The molecule has 6 heteroatoms. The number of piperidine rings is 1. The van der Waals surface area contributed by atoms with E-state index in [0.29, 0.717) is 10.7 Å². The van der Waals surface area contributed by atoms with Gasteiger partial charge < -0.3 is 15.3 Å². The number of Topliss-reactive ketones (excluding diaryl/α,β-unsaturated/α-hetero) is 1. The molecule has 2 aromatic rings. The molecule has 0 bridgehead atoms. The summed E-state index contributed by atoms with van der Waals surface area (Å²) in [5.74, 6) is 0.848. The molecule has 0 radical (unpaired) electrons. The maximum absolute atomic E-state index is 11.3. The number of aromatic nitrogens is 1. The normalized spacial score (nSPS) is 15.4. The quantitative estimate of drug-likeness (QED) is 0.654. The van der Waals surface area contributed by atoms with E-state index in [-0.39, 0.29) is 11.9 Å². The molecule has 24 heavy (non-hydrogen) atoms. The van der Waals surface area contributed by atoms with Crippen molar-refractivity contribution in [2.75, 3.05) is 23.3 Å². The lowest BCUT2D eigenvalue weighted by atomic mass is 10.1. The van der Waals surface area contributed by atoms with Gasteiger partial charge in [-0.3, -0.25) is 4.79 Å². The van der Waals surface area contributed by atoms with Crippen LogP contribution in [0.3, 0.4) is 0 Å². The second-order valence-corrected chi connectivity index (χ2v) is 6.40. The summed E-state index contributed by atoms with van der Waals surface area (Å²) < 4.78 is 0. The number of anilines is 3. The number of nitrogens with zero attached hydrogens (tertiary/aromatic N) is 2. The van der Waals surface area contributed by atoms with Crippen molar-refractivity contribution in [1.29, 1.82) is 0 Å². The molecule has 2 N–H and O–H groups in total. The highest BCUT2D eigenvalue weighted by Gasteiger charge is 2.18. The number of nitrogens with one attached hydrogen (secondary N) is 1. The predicted molar refractivity (Wildman–Crippen MR) is 96.4 cm³/mol. The van der Waals surface area contributed by atoms with Crippen LogP contribution < -0.4 is 10.2 Å². The molecule has 0 unspecified atom stereocenters. The molecule has 0 amide bonds. The van der Waals surface area contributed by atoms with Crippen molar-refractivity contribution < 1.29 is 9.90 Å². The Bertz CT molecular complexity index is 726. The number of pyridine rings is 1. The van der Waals surface area contributed by atoms with Gasteiger partial charge in [-0.2, -0.15) is 0 Å². The lowest BCUT2D eigenvalue weighted by molar-refractivity contribution is 0.101. The Morgan fingerprint density at radius 3 is 2.50 bits per heavy atom. The Balaban J connectivity index is 1.77. The molecule has 0 saturated carbocycles. The highest BCUT2D eigenvalue weighted by molar-refractivity contribution is 6.29. The second-order valence-electron chi connectivity index (χ2n) is 6.01. The number of carbonyl (C=O) groups is 1. The van der Waals surface area contributed by atoms with Gasteiger partial charge in [0.1, 0.15) is 11.0 Å². The van der Waals surface area contributed by atoms with Crippen LogP contribution in [0, 0.1) is 0 Å². The van der Waals surface area contributed by atoms with E-state index in [4.69, 9.17) is 11.6 Å². The third-order valence-corrected chi connectivity index (χ3v) is 4.34. The smallest absolute Gasteiger partial charge is 0.159 e.